The molecule has 0 aliphatic heterocycles. The van der Waals surface area contributed by atoms with Crippen LogP contribution in [0.3, 0.4) is 0 Å². The van der Waals surface area contributed by atoms with E-state index < -0.39 is 7.12 Å². The molecule has 15 heavy (non-hydrogen) atoms. The van der Waals surface area contributed by atoms with Gasteiger partial charge in [0.2, 0.25) is 0 Å². The van der Waals surface area contributed by atoms with Gasteiger partial charge in [-0.05, 0) is 30.4 Å². The van der Waals surface area contributed by atoms with Gasteiger partial charge in [0.15, 0.2) is 0 Å². The minimum Gasteiger partial charge on any atom is -0.493 e. The topological polar surface area (TPSA) is 49.7 Å². The Morgan fingerprint density at radius 1 is 1.47 bits per heavy atom. The average Bonchev–Trinajstić information content (AvgIpc) is 2.20. The molecule has 0 radical (unpaired) electrons. The fourth-order valence-corrected chi connectivity index (χ4v) is 1.25. The van der Waals surface area contributed by atoms with Gasteiger partial charge < -0.3 is 14.8 Å². The average molecular weight is 206 g/mol. The van der Waals surface area contributed by atoms with Gasteiger partial charge in [-0.2, -0.15) is 0 Å². The summed E-state index contributed by atoms with van der Waals surface area (Å²) in [6.45, 7) is 6.06. The Bertz CT molecular complexity index is 337. The second-order valence-electron chi connectivity index (χ2n) is 3.32. The van der Waals surface area contributed by atoms with Crippen molar-refractivity contribution in [1.29, 1.82) is 0 Å². The van der Waals surface area contributed by atoms with E-state index in [1.165, 1.54) is 0 Å². The molecule has 1 rings (SSSR count). The van der Waals surface area contributed by atoms with Gasteiger partial charge in [0.1, 0.15) is 5.75 Å². The summed E-state index contributed by atoms with van der Waals surface area (Å²) in [5.74, 6) is 0.765. The SMILES string of the molecule is C=CCCOc1ccc(B(O)O)cc1C. The molecule has 0 fully saturated rings. The Balaban J connectivity index is 2.70. The Kier molecular flexibility index (Phi) is 4.40. The number of hydrogen-bond donors (Lipinski definition) is 2. The predicted octanol–water partition coefficient (Wildman–Crippen LogP) is 0.630. The highest BCUT2D eigenvalue weighted by Crippen LogP contribution is 2.15. The van der Waals surface area contributed by atoms with Gasteiger partial charge in [-0.1, -0.05) is 18.2 Å². The second-order valence-corrected chi connectivity index (χ2v) is 3.32. The zero-order chi connectivity index (χ0) is 11.3. The summed E-state index contributed by atoms with van der Waals surface area (Å²) in [4.78, 5) is 0. The van der Waals surface area contributed by atoms with E-state index in [0.29, 0.717) is 12.1 Å². The molecule has 0 unspecified atom stereocenters. The summed E-state index contributed by atoms with van der Waals surface area (Å²) in [7, 11) is -1.43. The first kappa shape index (κ1) is 11.8. The van der Waals surface area contributed by atoms with Gasteiger partial charge in [-0.15, -0.1) is 6.58 Å². The van der Waals surface area contributed by atoms with E-state index in [1.54, 1.807) is 24.3 Å². The Morgan fingerprint density at radius 2 is 2.20 bits per heavy atom. The first-order valence-corrected chi connectivity index (χ1v) is 4.85. The number of aryl methyl sites for hydroxylation is 1. The Hall–Kier alpha value is -1.26. The lowest BCUT2D eigenvalue weighted by Crippen LogP contribution is -2.29. The summed E-state index contributed by atoms with van der Waals surface area (Å²) >= 11 is 0. The maximum absolute atomic E-state index is 8.95. The molecule has 0 bridgehead atoms. The molecule has 0 atom stereocenters. The quantitative estimate of drug-likeness (QED) is 0.422. The van der Waals surface area contributed by atoms with Crippen LogP contribution in [0.15, 0.2) is 30.9 Å². The van der Waals surface area contributed by atoms with Crippen LogP contribution in [-0.4, -0.2) is 23.8 Å². The number of benzene rings is 1. The molecule has 3 nitrogen and oxygen atoms in total. The molecular weight excluding hydrogens is 191 g/mol. The summed E-state index contributed by atoms with van der Waals surface area (Å²) in [5, 5.41) is 17.9. The molecule has 0 amide bonds. The fourth-order valence-electron chi connectivity index (χ4n) is 1.25. The van der Waals surface area contributed by atoms with Crippen LogP contribution >= 0.6 is 0 Å². The van der Waals surface area contributed by atoms with Crippen LogP contribution in [-0.2, 0) is 0 Å². The van der Waals surface area contributed by atoms with Crippen LogP contribution in [0.25, 0.3) is 0 Å². The largest absolute Gasteiger partial charge is 0.493 e. The highest BCUT2D eigenvalue weighted by Gasteiger charge is 2.11. The first-order valence-electron chi connectivity index (χ1n) is 4.85. The summed E-state index contributed by atoms with van der Waals surface area (Å²) in [5.41, 5.74) is 1.37. The van der Waals surface area contributed by atoms with Crippen molar-refractivity contribution >= 4 is 12.6 Å². The van der Waals surface area contributed by atoms with Crippen LogP contribution < -0.4 is 10.2 Å². The summed E-state index contributed by atoms with van der Waals surface area (Å²) < 4.78 is 5.48. The standard InChI is InChI=1S/C11H15BO3/c1-3-4-7-15-11-6-5-10(12(13)14)8-9(11)2/h3,5-6,8,13-14H,1,4,7H2,2H3. The molecule has 0 aromatic heterocycles. The van der Waals surface area contributed by atoms with Gasteiger partial charge in [0.25, 0.3) is 0 Å². The van der Waals surface area contributed by atoms with Crippen molar-refractivity contribution in [1.82, 2.24) is 0 Å². The number of ether oxygens (including phenoxy) is 1. The van der Waals surface area contributed by atoms with Crippen LogP contribution in [0.1, 0.15) is 12.0 Å². The van der Waals surface area contributed by atoms with Gasteiger partial charge in [0, 0.05) is 0 Å². The van der Waals surface area contributed by atoms with E-state index in [9.17, 15) is 0 Å². The van der Waals surface area contributed by atoms with Crippen molar-refractivity contribution in [3.8, 4) is 5.75 Å². The smallest absolute Gasteiger partial charge is 0.488 e. The summed E-state index contributed by atoms with van der Waals surface area (Å²) in [6.07, 6.45) is 2.59. The molecule has 0 spiro atoms. The zero-order valence-electron chi connectivity index (χ0n) is 8.81. The first-order chi connectivity index (χ1) is 7.15. The van der Waals surface area contributed by atoms with E-state index in [0.717, 1.165) is 17.7 Å². The molecule has 80 valence electrons. The van der Waals surface area contributed by atoms with Crippen LogP contribution in [0.2, 0.25) is 0 Å². The van der Waals surface area contributed by atoms with Crippen molar-refractivity contribution in [3.05, 3.63) is 36.4 Å². The zero-order valence-corrected chi connectivity index (χ0v) is 8.81. The molecule has 2 N–H and O–H groups in total. The van der Waals surface area contributed by atoms with Crippen molar-refractivity contribution in [2.24, 2.45) is 0 Å². The third-order valence-corrected chi connectivity index (χ3v) is 2.08. The fraction of sp³-hybridized carbons (Fsp3) is 0.273. The molecule has 0 saturated carbocycles. The van der Waals surface area contributed by atoms with Gasteiger partial charge >= 0.3 is 7.12 Å². The second kappa shape index (κ2) is 5.58. The molecule has 4 heteroatoms. The molecule has 1 aromatic carbocycles. The molecule has 0 saturated heterocycles. The van der Waals surface area contributed by atoms with Crippen LogP contribution in [0, 0.1) is 6.92 Å². The van der Waals surface area contributed by atoms with Crippen molar-refractivity contribution in [2.45, 2.75) is 13.3 Å². The van der Waals surface area contributed by atoms with E-state index in [2.05, 4.69) is 6.58 Å². The third-order valence-electron chi connectivity index (χ3n) is 2.08. The monoisotopic (exact) mass is 206 g/mol. The minimum atomic E-state index is -1.43. The van der Waals surface area contributed by atoms with E-state index >= 15 is 0 Å². The molecular formula is C11H15BO3. The maximum Gasteiger partial charge on any atom is 0.488 e. The van der Waals surface area contributed by atoms with Gasteiger partial charge in [0.05, 0.1) is 6.61 Å². The Labute approximate surface area is 90.2 Å². The summed E-state index contributed by atoms with van der Waals surface area (Å²) in [6, 6.07) is 5.09. The van der Waals surface area contributed by atoms with Crippen LogP contribution in [0.5, 0.6) is 5.75 Å². The van der Waals surface area contributed by atoms with Gasteiger partial charge in [-0.3, -0.25) is 0 Å². The predicted molar refractivity (Wildman–Crippen MR) is 61.3 cm³/mol. The van der Waals surface area contributed by atoms with Crippen molar-refractivity contribution in [2.75, 3.05) is 6.61 Å². The van der Waals surface area contributed by atoms with E-state index in [4.69, 9.17) is 14.8 Å². The Morgan fingerprint density at radius 3 is 2.73 bits per heavy atom. The third kappa shape index (κ3) is 3.42. The molecule has 0 aliphatic carbocycles. The highest BCUT2D eigenvalue weighted by atomic mass is 16.5. The lowest BCUT2D eigenvalue weighted by molar-refractivity contribution is 0.323. The number of rotatable bonds is 5. The van der Waals surface area contributed by atoms with Crippen LogP contribution in [0.4, 0.5) is 0 Å². The van der Waals surface area contributed by atoms with E-state index in [-0.39, 0.29) is 0 Å². The van der Waals surface area contributed by atoms with Gasteiger partial charge in [-0.25, -0.2) is 0 Å². The van der Waals surface area contributed by atoms with Crippen molar-refractivity contribution < 1.29 is 14.8 Å². The lowest BCUT2D eigenvalue weighted by Gasteiger charge is -2.09. The molecule has 0 heterocycles. The van der Waals surface area contributed by atoms with E-state index in [1.807, 2.05) is 6.92 Å². The van der Waals surface area contributed by atoms with Crippen molar-refractivity contribution in [3.63, 3.8) is 0 Å². The lowest BCUT2D eigenvalue weighted by atomic mass is 9.79. The molecule has 0 aliphatic rings. The normalized spacial score (nSPS) is 9.80. The highest BCUT2D eigenvalue weighted by molar-refractivity contribution is 6.58. The molecule has 1 aromatic rings. The number of hydrogen-bond acceptors (Lipinski definition) is 3. The maximum atomic E-state index is 8.95. The minimum absolute atomic E-state index is 0.476.